The number of nitrogens with zero attached hydrogens (tertiary/aromatic N) is 1. The Morgan fingerprint density at radius 3 is 2.86 bits per heavy atom. The molecule has 0 saturated carbocycles. The van der Waals surface area contributed by atoms with Gasteiger partial charge in [0, 0.05) is 6.42 Å². The Morgan fingerprint density at radius 2 is 2.29 bits per heavy atom. The highest BCUT2D eigenvalue weighted by Crippen LogP contribution is 2.26. The van der Waals surface area contributed by atoms with Gasteiger partial charge in [-0.1, -0.05) is 23.7 Å². The van der Waals surface area contributed by atoms with E-state index in [4.69, 9.17) is 21.2 Å². The smallest absolute Gasteiger partial charge is 0.240 e. The number of rotatable bonds is 6. The summed E-state index contributed by atoms with van der Waals surface area (Å²) in [4.78, 5) is 5.25. The molecular weight excluding hydrogens is 316 g/mol. The summed E-state index contributed by atoms with van der Waals surface area (Å²) in [6.45, 7) is 2.15. The van der Waals surface area contributed by atoms with Crippen LogP contribution in [0.3, 0.4) is 0 Å². The number of halogens is 1. The minimum Gasteiger partial charge on any atom is -0.495 e. The number of nitrogens with one attached hydrogen (secondary N) is 1. The molecular formula is C13H17ClN2O4S. The van der Waals surface area contributed by atoms with Gasteiger partial charge >= 0.3 is 0 Å². The molecule has 0 radical (unpaired) electrons. The van der Waals surface area contributed by atoms with Gasteiger partial charge in [-0.3, -0.25) is 0 Å². The normalized spacial score (nSPS) is 18.2. The van der Waals surface area contributed by atoms with Crippen LogP contribution in [-0.4, -0.2) is 33.9 Å². The van der Waals surface area contributed by atoms with Crippen molar-refractivity contribution in [2.75, 3.05) is 13.7 Å². The molecule has 1 N–H and O–H groups in total. The Morgan fingerprint density at radius 1 is 1.52 bits per heavy atom. The molecule has 1 aliphatic heterocycles. The molecule has 1 atom stereocenters. The van der Waals surface area contributed by atoms with Crippen molar-refractivity contribution in [3.05, 3.63) is 23.2 Å². The lowest BCUT2D eigenvalue weighted by Crippen LogP contribution is -2.32. The molecule has 6 nitrogen and oxygen atoms in total. The minimum atomic E-state index is -3.64. The Hall–Kier alpha value is -1.31. The first-order valence-electron chi connectivity index (χ1n) is 6.51. The van der Waals surface area contributed by atoms with Crippen LogP contribution in [0.1, 0.15) is 19.8 Å². The molecule has 1 heterocycles. The molecule has 1 aliphatic rings. The maximum atomic E-state index is 12.2. The van der Waals surface area contributed by atoms with Crippen LogP contribution in [0.15, 0.2) is 28.3 Å². The maximum Gasteiger partial charge on any atom is 0.240 e. The summed E-state index contributed by atoms with van der Waals surface area (Å²) >= 11 is 5.94. The first-order chi connectivity index (χ1) is 9.96. The van der Waals surface area contributed by atoms with Gasteiger partial charge in [0.25, 0.3) is 0 Å². The third kappa shape index (κ3) is 3.87. The van der Waals surface area contributed by atoms with Gasteiger partial charge < -0.3 is 9.57 Å². The summed E-state index contributed by atoms with van der Waals surface area (Å²) in [6.07, 6.45) is 1.18. The van der Waals surface area contributed by atoms with Gasteiger partial charge in [-0.05, 0) is 24.6 Å². The standard InChI is InChI=1S/C13H17ClN2O4S/c1-3-9-6-10(20-16-9)8-15-21(17,18)11-4-5-13(19-2)12(14)7-11/h4-5,7,10,15H,3,6,8H2,1-2H3. The number of sulfonamides is 1. The summed E-state index contributed by atoms with van der Waals surface area (Å²) in [5.41, 5.74) is 0.937. The zero-order valence-electron chi connectivity index (χ0n) is 11.8. The van der Waals surface area contributed by atoms with Crippen molar-refractivity contribution in [3.63, 3.8) is 0 Å². The molecule has 116 valence electrons. The van der Waals surface area contributed by atoms with Crippen LogP contribution in [0, 0.1) is 0 Å². The molecule has 0 saturated heterocycles. The fraction of sp³-hybridized carbons (Fsp3) is 0.462. The van der Waals surface area contributed by atoms with Gasteiger partial charge in [0.15, 0.2) is 0 Å². The molecule has 1 aromatic carbocycles. The number of benzene rings is 1. The first kappa shape index (κ1) is 16.1. The van der Waals surface area contributed by atoms with E-state index >= 15 is 0 Å². The van der Waals surface area contributed by atoms with E-state index in [-0.39, 0.29) is 22.6 Å². The molecule has 0 fully saturated rings. The fourth-order valence-electron chi connectivity index (χ4n) is 1.90. The van der Waals surface area contributed by atoms with Crippen LogP contribution in [-0.2, 0) is 14.9 Å². The minimum absolute atomic E-state index is 0.0860. The second-order valence-electron chi connectivity index (χ2n) is 4.59. The monoisotopic (exact) mass is 332 g/mol. The quantitative estimate of drug-likeness (QED) is 0.866. The highest BCUT2D eigenvalue weighted by molar-refractivity contribution is 7.89. The summed E-state index contributed by atoms with van der Waals surface area (Å²) in [5, 5.41) is 4.13. The predicted octanol–water partition coefficient (Wildman–Crippen LogP) is 2.18. The topological polar surface area (TPSA) is 77.0 Å². The number of methoxy groups -OCH3 is 1. The zero-order chi connectivity index (χ0) is 15.5. The van der Waals surface area contributed by atoms with E-state index in [0.29, 0.717) is 12.2 Å². The highest BCUT2D eigenvalue weighted by Gasteiger charge is 2.23. The molecule has 0 bridgehead atoms. The lowest BCUT2D eigenvalue weighted by molar-refractivity contribution is 0.0891. The van der Waals surface area contributed by atoms with Gasteiger partial charge in [0.1, 0.15) is 11.9 Å². The van der Waals surface area contributed by atoms with Gasteiger partial charge in [-0.15, -0.1) is 0 Å². The zero-order valence-corrected chi connectivity index (χ0v) is 13.4. The van der Waals surface area contributed by atoms with E-state index in [1.54, 1.807) is 0 Å². The van der Waals surface area contributed by atoms with Crippen molar-refractivity contribution in [2.45, 2.75) is 30.8 Å². The van der Waals surface area contributed by atoms with Crippen LogP contribution >= 0.6 is 11.6 Å². The number of oxime groups is 1. The van der Waals surface area contributed by atoms with E-state index in [9.17, 15) is 8.42 Å². The number of hydrogen-bond donors (Lipinski definition) is 1. The molecule has 1 aromatic rings. The predicted molar refractivity (Wildman–Crippen MR) is 80.4 cm³/mol. The van der Waals surface area contributed by atoms with Crippen LogP contribution in [0.2, 0.25) is 5.02 Å². The van der Waals surface area contributed by atoms with Crippen LogP contribution in [0.4, 0.5) is 0 Å². The molecule has 0 aliphatic carbocycles. The third-order valence-electron chi connectivity index (χ3n) is 3.14. The van der Waals surface area contributed by atoms with Gasteiger partial charge in [-0.25, -0.2) is 13.1 Å². The van der Waals surface area contributed by atoms with Crippen molar-refractivity contribution >= 4 is 27.3 Å². The van der Waals surface area contributed by atoms with Crippen molar-refractivity contribution in [3.8, 4) is 5.75 Å². The van der Waals surface area contributed by atoms with E-state index in [0.717, 1.165) is 12.1 Å². The molecule has 21 heavy (non-hydrogen) atoms. The van der Waals surface area contributed by atoms with Crippen molar-refractivity contribution in [1.29, 1.82) is 0 Å². The van der Waals surface area contributed by atoms with Gasteiger partial charge in [0.2, 0.25) is 10.0 Å². The maximum absolute atomic E-state index is 12.2. The average Bonchev–Trinajstić information content (AvgIpc) is 2.93. The average molecular weight is 333 g/mol. The largest absolute Gasteiger partial charge is 0.495 e. The SMILES string of the molecule is CCC1=NOC(CNS(=O)(=O)c2ccc(OC)c(Cl)c2)C1. The molecule has 1 unspecified atom stereocenters. The fourth-order valence-corrected chi connectivity index (χ4v) is 3.32. The third-order valence-corrected chi connectivity index (χ3v) is 4.85. The van der Waals surface area contributed by atoms with Crippen molar-refractivity contribution < 1.29 is 18.0 Å². The Bertz CT molecular complexity index is 646. The lowest BCUT2D eigenvalue weighted by Gasteiger charge is -2.11. The molecule has 0 aromatic heterocycles. The molecule has 0 amide bonds. The van der Waals surface area contributed by atoms with E-state index in [1.165, 1.54) is 25.3 Å². The number of hydrogen-bond acceptors (Lipinski definition) is 5. The summed E-state index contributed by atoms with van der Waals surface area (Å²) in [6, 6.07) is 4.31. The Labute approximate surface area is 129 Å². The molecule has 8 heteroatoms. The van der Waals surface area contributed by atoms with Crippen molar-refractivity contribution in [2.24, 2.45) is 5.16 Å². The summed E-state index contributed by atoms with van der Waals surface area (Å²) in [5.74, 6) is 0.427. The van der Waals surface area contributed by atoms with Crippen molar-refractivity contribution in [1.82, 2.24) is 4.72 Å². The second kappa shape index (κ2) is 6.64. The molecule has 0 spiro atoms. The highest BCUT2D eigenvalue weighted by atomic mass is 35.5. The lowest BCUT2D eigenvalue weighted by atomic mass is 10.1. The summed E-state index contributed by atoms with van der Waals surface area (Å²) in [7, 11) is -2.17. The Balaban J connectivity index is 2.01. The first-order valence-corrected chi connectivity index (χ1v) is 8.37. The van der Waals surface area contributed by atoms with Gasteiger partial charge in [0.05, 0.1) is 29.3 Å². The van der Waals surface area contributed by atoms with E-state index in [2.05, 4.69) is 9.88 Å². The van der Waals surface area contributed by atoms with Crippen LogP contribution in [0.5, 0.6) is 5.75 Å². The van der Waals surface area contributed by atoms with Gasteiger partial charge in [-0.2, -0.15) is 0 Å². The van der Waals surface area contributed by atoms with Crippen LogP contribution < -0.4 is 9.46 Å². The molecule has 2 rings (SSSR count). The Kier molecular flexibility index (Phi) is 5.08. The summed E-state index contributed by atoms with van der Waals surface area (Å²) < 4.78 is 31.9. The number of ether oxygens (including phenoxy) is 1. The van der Waals surface area contributed by atoms with Crippen LogP contribution in [0.25, 0.3) is 0 Å². The van der Waals surface area contributed by atoms with E-state index < -0.39 is 10.0 Å². The van der Waals surface area contributed by atoms with E-state index in [1.807, 2.05) is 6.92 Å². The second-order valence-corrected chi connectivity index (χ2v) is 6.77.